The molecule has 1 N–H and O–H groups in total. The minimum absolute atomic E-state index is 0.131. The first-order valence-corrected chi connectivity index (χ1v) is 7.88. The van der Waals surface area contributed by atoms with Gasteiger partial charge in [0.2, 0.25) is 0 Å². The maximum absolute atomic E-state index is 10.2. The summed E-state index contributed by atoms with van der Waals surface area (Å²) in [6, 6.07) is 0.939. The Kier molecular flexibility index (Phi) is 4.13. The average molecular weight is 269 g/mol. The average Bonchev–Trinajstić information content (AvgIpc) is 2.88. The summed E-state index contributed by atoms with van der Waals surface area (Å²) < 4.78 is 11.6. The van der Waals surface area contributed by atoms with Crippen molar-refractivity contribution >= 4 is 0 Å². The molecule has 2 saturated carbocycles. The molecule has 1 aliphatic heterocycles. The van der Waals surface area contributed by atoms with E-state index in [-0.39, 0.29) is 11.9 Å². The number of hydrogen-bond donors (Lipinski definition) is 1. The van der Waals surface area contributed by atoms with Crippen LogP contribution in [0.5, 0.6) is 0 Å². The second-order valence-corrected chi connectivity index (χ2v) is 6.42. The molecule has 110 valence electrons. The van der Waals surface area contributed by atoms with Crippen molar-refractivity contribution in [2.45, 2.75) is 75.3 Å². The van der Waals surface area contributed by atoms with Crippen LogP contribution in [0.25, 0.3) is 0 Å². The largest absolute Gasteiger partial charge is 0.391 e. The van der Waals surface area contributed by atoms with Crippen molar-refractivity contribution in [3.63, 3.8) is 0 Å². The van der Waals surface area contributed by atoms with Crippen LogP contribution in [0.1, 0.15) is 51.4 Å². The monoisotopic (exact) mass is 269 g/mol. The highest BCUT2D eigenvalue weighted by atomic mass is 16.7. The van der Waals surface area contributed by atoms with E-state index in [0.717, 1.165) is 51.7 Å². The number of likely N-dealkylation sites (N-methyl/N-ethyl adjacent to an activating group) is 1. The van der Waals surface area contributed by atoms with Gasteiger partial charge in [0.25, 0.3) is 0 Å². The Morgan fingerprint density at radius 1 is 1.00 bits per heavy atom. The van der Waals surface area contributed by atoms with E-state index >= 15 is 0 Å². The molecule has 1 spiro atoms. The SMILES string of the molecule is CN(C1CCC2(CC1)OCCO2)C1CCCCC1O. The van der Waals surface area contributed by atoms with Gasteiger partial charge in [-0.1, -0.05) is 12.8 Å². The molecule has 3 rings (SSSR count). The molecule has 0 bridgehead atoms. The number of ether oxygens (including phenoxy) is 2. The summed E-state index contributed by atoms with van der Waals surface area (Å²) in [4.78, 5) is 2.44. The minimum Gasteiger partial charge on any atom is -0.391 e. The third kappa shape index (κ3) is 2.82. The molecule has 2 unspecified atom stereocenters. The van der Waals surface area contributed by atoms with Gasteiger partial charge in [0.15, 0.2) is 5.79 Å². The summed E-state index contributed by atoms with van der Waals surface area (Å²) in [5.41, 5.74) is 0. The predicted molar refractivity (Wildman–Crippen MR) is 72.9 cm³/mol. The fourth-order valence-corrected chi connectivity index (χ4v) is 4.07. The lowest BCUT2D eigenvalue weighted by atomic mass is 9.85. The first-order valence-electron chi connectivity index (χ1n) is 7.88. The lowest BCUT2D eigenvalue weighted by Gasteiger charge is -2.44. The van der Waals surface area contributed by atoms with E-state index in [1.54, 1.807) is 0 Å². The van der Waals surface area contributed by atoms with Crippen molar-refractivity contribution < 1.29 is 14.6 Å². The van der Waals surface area contributed by atoms with Gasteiger partial charge in [-0.15, -0.1) is 0 Å². The molecular formula is C15H27NO3. The van der Waals surface area contributed by atoms with Crippen LogP contribution in [0.3, 0.4) is 0 Å². The van der Waals surface area contributed by atoms with Crippen LogP contribution in [-0.2, 0) is 9.47 Å². The molecule has 3 fully saturated rings. The van der Waals surface area contributed by atoms with Crippen LogP contribution in [0, 0.1) is 0 Å². The van der Waals surface area contributed by atoms with E-state index in [1.807, 2.05) is 0 Å². The maximum atomic E-state index is 10.2. The van der Waals surface area contributed by atoms with Crippen molar-refractivity contribution in [3.05, 3.63) is 0 Å². The third-order valence-corrected chi connectivity index (χ3v) is 5.32. The van der Waals surface area contributed by atoms with E-state index in [1.165, 1.54) is 12.8 Å². The zero-order valence-electron chi connectivity index (χ0n) is 12.0. The van der Waals surface area contributed by atoms with Crippen LogP contribution in [0.2, 0.25) is 0 Å². The van der Waals surface area contributed by atoms with E-state index in [9.17, 15) is 5.11 Å². The Morgan fingerprint density at radius 3 is 2.26 bits per heavy atom. The molecule has 2 atom stereocenters. The Hall–Kier alpha value is -0.160. The molecule has 4 heteroatoms. The summed E-state index contributed by atoms with van der Waals surface area (Å²) in [5, 5.41) is 10.2. The molecule has 1 saturated heterocycles. The van der Waals surface area contributed by atoms with Crippen LogP contribution < -0.4 is 0 Å². The predicted octanol–water partition coefficient (Wildman–Crippen LogP) is 1.91. The Balaban J connectivity index is 1.55. The van der Waals surface area contributed by atoms with Gasteiger partial charge in [-0.25, -0.2) is 0 Å². The lowest BCUT2D eigenvalue weighted by molar-refractivity contribution is -0.185. The van der Waals surface area contributed by atoms with E-state index in [0.29, 0.717) is 12.1 Å². The molecular weight excluding hydrogens is 242 g/mol. The molecule has 0 aromatic carbocycles. The maximum Gasteiger partial charge on any atom is 0.168 e. The van der Waals surface area contributed by atoms with Gasteiger partial charge in [0.1, 0.15) is 0 Å². The molecule has 0 aromatic heterocycles. The first kappa shape index (κ1) is 13.8. The Labute approximate surface area is 116 Å². The zero-order chi connectivity index (χ0) is 13.3. The van der Waals surface area contributed by atoms with Gasteiger partial charge in [-0.05, 0) is 32.7 Å². The second-order valence-electron chi connectivity index (χ2n) is 6.42. The summed E-state index contributed by atoms with van der Waals surface area (Å²) in [6.45, 7) is 1.50. The standard InChI is InChI=1S/C15H27NO3/c1-16(13-4-2-3-5-14(13)17)12-6-8-15(9-7-12)18-10-11-19-15/h12-14,17H,2-11H2,1H3. The highest BCUT2D eigenvalue weighted by Gasteiger charge is 2.42. The van der Waals surface area contributed by atoms with Crippen LogP contribution in [-0.4, -0.2) is 54.2 Å². The van der Waals surface area contributed by atoms with Crippen LogP contribution >= 0.6 is 0 Å². The van der Waals surface area contributed by atoms with Gasteiger partial charge in [0.05, 0.1) is 19.3 Å². The van der Waals surface area contributed by atoms with Crippen molar-refractivity contribution in [3.8, 4) is 0 Å². The molecule has 1 heterocycles. The molecule has 19 heavy (non-hydrogen) atoms. The van der Waals surface area contributed by atoms with Gasteiger partial charge in [-0.3, -0.25) is 4.90 Å². The second kappa shape index (κ2) is 5.68. The number of aliphatic hydroxyl groups is 1. The minimum atomic E-state index is -0.261. The van der Waals surface area contributed by atoms with Crippen molar-refractivity contribution in [2.24, 2.45) is 0 Å². The molecule has 0 amide bonds. The van der Waals surface area contributed by atoms with E-state index in [2.05, 4.69) is 11.9 Å². The molecule has 0 aromatic rings. The Morgan fingerprint density at radius 2 is 1.63 bits per heavy atom. The highest BCUT2D eigenvalue weighted by Crippen LogP contribution is 2.38. The van der Waals surface area contributed by atoms with E-state index < -0.39 is 0 Å². The smallest absolute Gasteiger partial charge is 0.168 e. The van der Waals surface area contributed by atoms with Gasteiger partial charge in [-0.2, -0.15) is 0 Å². The normalized spacial score (nSPS) is 36.2. The fourth-order valence-electron chi connectivity index (χ4n) is 4.07. The molecule has 3 aliphatic rings. The van der Waals surface area contributed by atoms with Gasteiger partial charge < -0.3 is 14.6 Å². The summed E-state index contributed by atoms with van der Waals surface area (Å²) in [5.74, 6) is -0.261. The van der Waals surface area contributed by atoms with Crippen molar-refractivity contribution in [2.75, 3.05) is 20.3 Å². The van der Waals surface area contributed by atoms with Crippen molar-refractivity contribution in [1.29, 1.82) is 0 Å². The molecule has 4 nitrogen and oxygen atoms in total. The Bertz CT molecular complexity index is 294. The number of nitrogens with zero attached hydrogens (tertiary/aromatic N) is 1. The van der Waals surface area contributed by atoms with E-state index in [4.69, 9.17) is 9.47 Å². The lowest BCUT2D eigenvalue weighted by Crippen LogP contribution is -2.51. The summed E-state index contributed by atoms with van der Waals surface area (Å²) >= 11 is 0. The quantitative estimate of drug-likeness (QED) is 0.831. The fraction of sp³-hybridized carbons (Fsp3) is 1.00. The van der Waals surface area contributed by atoms with Gasteiger partial charge >= 0.3 is 0 Å². The van der Waals surface area contributed by atoms with Crippen molar-refractivity contribution in [1.82, 2.24) is 4.90 Å². The first-order chi connectivity index (χ1) is 9.20. The molecule has 2 aliphatic carbocycles. The zero-order valence-corrected chi connectivity index (χ0v) is 12.0. The summed E-state index contributed by atoms with van der Waals surface area (Å²) in [7, 11) is 2.19. The van der Waals surface area contributed by atoms with Gasteiger partial charge in [0, 0.05) is 24.9 Å². The number of hydrogen-bond acceptors (Lipinski definition) is 4. The topological polar surface area (TPSA) is 41.9 Å². The molecule has 0 radical (unpaired) electrons. The highest BCUT2D eigenvalue weighted by molar-refractivity contribution is 4.90. The number of rotatable bonds is 2. The summed E-state index contributed by atoms with van der Waals surface area (Å²) in [6.07, 6.45) is 8.68. The van der Waals surface area contributed by atoms with Crippen LogP contribution in [0.4, 0.5) is 0 Å². The van der Waals surface area contributed by atoms with Crippen LogP contribution in [0.15, 0.2) is 0 Å². The number of aliphatic hydroxyl groups excluding tert-OH is 1. The third-order valence-electron chi connectivity index (χ3n) is 5.32.